The highest BCUT2D eigenvalue weighted by atomic mass is 16.6. The number of amides is 2. The molecule has 20 heavy (non-hydrogen) atoms. The molecule has 0 aliphatic carbocycles. The summed E-state index contributed by atoms with van der Waals surface area (Å²) in [6.45, 7) is 1.27. The minimum Gasteiger partial charge on any atom is -0.452 e. The molecule has 106 valence electrons. The van der Waals surface area contributed by atoms with Crippen molar-refractivity contribution in [2.45, 2.75) is 18.8 Å². The Morgan fingerprint density at radius 2 is 2.10 bits per heavy atom. The summed E-state index contributed by atoms with van der Waals surface area (Å²) >= 11 is 0. The van der Waals surface area contributed by atoms with Crippen LogP contribution in [0.2, 0.25) is 0 Å². The van der Waals surface area contributed by atoms with E-state index in [0.29, 0.717) is 11.3 Å². The predicted molar refractivity (Wildman–Crippen MR) is 70.2 cm³/mol. The second-order valence-corrected chi connectivity index (χ2v) is 4.77. The van der Waals surface area contributed by atoms with Gasteiger partial charge in [0.15, 0.2) is 0 Å². The van der Waals surface area contributed by atoms with Gasteiger partial charge in [0.2, 0.25) is 12.5 Å². The van der Waals surface area contributed by atoms with Gasteiger partial charge in [-0.25, -0.2) is 9.69 Å². The lowest BCUT2D eigenvalue weighted by atomic mass is 9.81. The fourth-order valence-electron chi connectivity index (χ4n) is 2.44. The average Bonchev–Trinajstić information content (AvgIpc) is 2.66. The number of para-hydroxylation sites is 1. The zero-order valence-corrected chi connectivity index (χ0v) is 11.2. The molecule has 7 heteroatoms. The van der Waals surface area contributed by atoms with Gasteiger partial charge in [-0.1, -0.05) is 18.2 Å². The van der Waals surface area contributed by atoms with Crippen LogP contribution in [0.3, 0.4) is 0 Å². The lowest BCUT2D eigenvalue weighted by molar-refractivity contribution is -0.481. The van der Waals surface area contributed by atoms with Gasteiger partial charge < -0.3 is 4.74 Å². The molecule has 0 spiro atoms. The van der Waals surface area contributed by atoms with Crippen LogP contribution in [0.25, 0.3) is 0 Å². The molecule has 1 heterocycles. The third kappa shape index (κ3) is 2.01. The van der Waals surface area contributed by atoms with Crippen molar-refractivity contribution in [1.82, 2.24) is 0 Å². The topological polar surface area (TPSA) is 89.8 Å². The quantitative estimate of drug-likeness (QED) is 0.620. The number of methoxy groups -OCH3 is 1. The maximum atomic E-state index is 12.5. The fraction of sp³-hybridized carbons (Fsp3) is 0.385. The molecule has 0 saturated heterocycles. The van der Waals surface area contributed by atoms with Crippen molar-refractivity contribution >= 4 is 17.7 Å². The molecule has 1 aliphatic heterocycles. The maximum absolute atomic E-state index is 12.5. The zero-order valence-electron chi connectivity index (χ0n) is 11.2. The molecule has 0 saturated carbocycles. The van der Waals surface area contributed by atoms with E-state index in [0.717, 1.165) is 4.90 Å². The number of carbonyl (C=O) groups is 2. The molecule has 1 aromatic carbocycles. The van der Waals surface area contributed by atoms with E-state index in [9.17, 15) is 19.7 Å². The van der Waals surface area contributed by atoms with Crippen molar-refractivity contribution in [2.24, 2.45) is 0 Å². The summed E-state index contributed by atoms with van der Waals surface area (Å²) in [4.78, 5) is 35.3. The van der Waals surface area contributed by atoms with Crippen molar-refractivity contribution < 1.29 is 19.2 Å². The zero-order chi connectivity index (χ0) is 14.9. The first-order valence-electron chi connectivity index (χ1n) is 6.05. The Morgan fingerprint density at radius 1 is 1.45 bits per heavy atom. The summed E-state index contributed by atoms with van der Waals surface area (Å²) in [7, 11) is 1.19. The van der Waals surface area contributed by atoms with E-state index in [1.807, 2.05) is 0 Å². The van der Waals surface area contributed by atoms with Gasteiger partial charge in [-0.15, -0.1) is 0 Å². The molecular weight excluding hydrogens is 264 g/mol. The number of imide groups is 1. The molecule has 7 nitrogen and oxygen atoms in total. The lowest BCUT2D eigenvalue weighted by Gasteiger charge is -2.21. The van der Waals surface area contributed by atoms with Crippen molar-refractivity contribution in [3.8, 4) is 0 Å². The number of carbonyl (C=O) groups excluding carboxylic acids is 2. The normalized spacial score (nSPS) is 20.7. The van der Waals surface area contributed by atoms with Gasteiger partial charge in [-0.05, 0) is 18.6 Å². The van der Waals surface area contributed by atoms with E-state index >= 15 is 0 Å². The van der Waals surface area contributed by atoms with Crippen molar-refractivity contribution in [1.29, 1.82) is 0 Å². The summed E-state index contributed by atoms with van der Waals surface area (Å²) in [6.07, 6.45) is -0.754. The van der Waals surface area contributed by atoms with E-state index in [4.69, 9.17) is 0 Å². The Labute approximate surface area is 115 Å². The van der Waals surface area contributed by atoms with Crippen LogP contribution < -0.4 is 4.90 Å². The second kappa shape index (κ2) is 4.92. The van der Waals surface area contributed by atoms with Crippen molar-refractivity contribution in [3.05, 3.63) is 39.9 Å². The van der Waals surface area contributed by atoms with Crippen LogP contribution in [-0.4, -0.2) is 30.6 Å². The number of hydrogen-bond acceptors (Lipinski definition) is 5. The molecule has 0 N–H and O–H groups in total. The van der Waals surface area contributed by atoms with Crippen molar-refractivity contribution in [3.63, 3.8) is 0 Å². The molecule has 1 aliphatic rings. The molecule has 0 fully saturated rings. The third-order valence-corrected chi connectivity index (χ3v) is 3.57. The van der Waals surface area contributed by atoms with Crippen LogP contribution in [0.4, 0.5) is 10.5 Å². The van der Waals surface area contributed by atoms with Crippen LogP contribution in [0.1, 0.15) is 18.9 Å². The van der Waals surface area contributed by atoms with Crippen LogP contribution >= 0.6 is 0 Å². The summed E-state index contributed by atoms with van der Waals surface area (Å²) < 4.78 is 4.61. The number of benzene rings is 1. The molecule has 0 bridgehead atoms. The molecule has 1 unspecified atom stereocenters. The van der Waals surface area contributed by atoms with E-state index < -0.39 is 22.3 Å². The number of rotatable bonds is 3. The van der Waals surface area contributed by atoms with Gasteiger partial charge in [0.25, 0.3) is 0 Å². The lowest BCUT2D eigenvalue weighted by Crippen LogP contribution is -2.42. The smallest absolute Gasteiger partial charge is 0.420 e. The van der Waals surface area contributed by atoms with E-state index in [1.54, 1.807) is 31.2 Å². The monoisotopic (exact) mass is 278 g/mol. The summed E-state index contributed by atoms with van der Waals surface area (Å²) in [5, 5.41) is 10.6. The minimum absolute atomic E-state index is 0.0311. The average molecular weight is 278 g/mol. The molecule has 1 aromatic rings. The number of anilines is 1. The molecular formula is C13H14N2O5. The second-order valence-electron chi connectivity index (χ2n) is 4.77. The van der Waals surface area contributed by atoms with Crippen LogP contribution in [0.5, 0.6) is 0 Å². The SMILES string of the molecule is COC(=O)N1C(=O)C(C)(CC[N+](=O)[O-])c2ccccc21. The Hall–Kier alpha value is -2.44. The first kappa shape index (κ1) is 14.0. The number of nitrogens with zero attached hydrogens (tertiary/aromatic N) is 2. The first-order valence-corrected chi connectivity index (χ1v) is 6.05. The summed E-state index contributed by atoms with van der Waals surface area (Å²) in [5.41, 5.74) is -0.0508. The van der Waals surface area contributed by atoms with E-state index in [1.165, 1.54) is 7.11 Å². The summed E-state index contributed by atoms with van der Waals surface area (Å²) in [6, 6.07) is 6.76. The molecule has 0 radical (unpaired) electrons. The van der Waals surface area contributed by atoms with Gasteiger partial charge in [-0.3, -0.25) is 14.9 Å². The summed E-state index contributed by atoms with van der Waals surface area (Å²) in [5.74, 6) is -0.493. The predicted octanol–water partition coefficient (Wildman–Crippen LogP) is 1.72. The maximum Gasteiger partial charge on any atom is 0.420 e. The molecule has 2 amide bonds. The highest BCUT2D eigenvalue weighted by Gasteiger charge is 2.50. The number of hydrogen-bond donors (Lipinski definition) is 0. The van der Waals surface area contributed by atoms with E-state index in [-0.39, 0.29) is 13.0 Å². The highest BCUT2D eigenvalue weighted by Crippen LogP contribution is 2.43. The largest absolute Gasteiger partial charge is 0.452 e. The van der Waals surface area contributed by atoms with Crippen molar-refractivity contribution in [2.75, 3.05) is 18.6 Å². The Morgan fingerprint density at radius 3 is 2.70 bits per heavy atom. The number of nitro groups is 1. The minimum atomic E-state index is -1.09. The fourth-order valence-corrected chi connectivity index (χ4v) is 2.44. The van der Waals surface area contributed by atoms with Gasteiger partial charge in [0.1, 0.15) is 0 Å². The van der Waals surface area contributed by atoms with Gasteiger partial charge in [0.05, 0.1) is 18.2 Å². The third-order valence-electron chi connectivity index (χ3n) is 3.57. The van der Waals surface area contributed by atoms with Gasteiger partial charge in [0, 0.05) is 11.3 Å². The van der Waals surface area contributed by atoms with E-state index in [2.05, 4.69) is 4.74 Å². The van der Waals surface area contributed by atoms with Crippen LogP contribution in [0.15, 0.2) is 24.3 Å². The van der Waals surface area contributed by atoms with Crippen LogP contribution in [-0.2, 0) is 14.9 Å². The first-order chi connectivity index (χ1) is 9.41. The number of fused-ring (bicyclic) bond motifs is 1. The Kier molecular flexibility index (Phi) is 3.44. The van der Waals surface area contributed by atoms with Gasteiger partial charge in [-0.2, -0.15) is 0 Å². The molecule has 1 atom stereocenters. The molecule has 2 rings (SSSR count). The molecule has 0 aromatic heterocycles. The Balaban J connectivity index is 2.47. The number of ether oxygens (including phenoxy) is 1. The van der Waals surface area contributed by atoms with Gasteiger partial charge >= 0.3 is 6.09 Å². The highest BCUT2D eigenvalue weighted by molar-refractivity contribution is 6.20. The Bertz CT molecular complexity index is 586. The standard InChI is InChI=1S/C13H14N2O5/c1-13(7-8-14(18)19)9-5-3-4-6-10(9)15(11(13)16)12(17)20-2/h3-6H,7-8H2,1-2H3. The van der Waals surface area contributed by atoms with Crippen LogP contribution in [0, 0.1) is 10.1 Å².